The molecule has 0 aromatic carbocycles. The van der Waals surface area contributed by atoms with Gasteiger partial charge in [-0.3, -0.25) is 4.21 Å². The van der Waals surface area contributed by atoms with Gasteiger partial charge >= 0.3 is 0 Å². The number of halogens is 1. The molecule has 0 saturated heterocycles. The molecule has 2 atom stereocenters. The van der Waals surface area contributed by atoms with Gasteiger partial charge < -0.3 is 5.32 Å². The number of hydrogen-bond donors (Lipinski definition) is 1. The molecular weight excluding hydrogens is 294 g/mol. The van der Waals surface area contributed by atoms with E-state index in [-0.39, 0.29) is 0 Å². The molecule has 2 unspecified atom stereocenters. The second kappa shape index (κ2) is 6.78. The number of rotatable bonds is 6. The number of hydrogen-bond acceptors (Lipinski definition) is 3. The lowest BCUT2D eigenvalue weighted by molar-refractivity contribution is 0.535. The molecule has 0 bridgehead atoms. The largest absolute Gasteiger partial charge is 0.310 e. The van der Waals surface area contributed by atoms with Gasteiger partial charge in [0.1, 0.15) is 0 Å². The predicted octanol–water partition coefficient (Wildman–Crippen LogP) is 2.76. The van der Waals surface area contributed by atoms with Crippen LogP contribution in [0.5, 0.6) is 0 Å². The van der Waals surface area contributed by atoms with Gasteiger partial charge in [-0.15, -0.1) is 11.3 Å². The quantitative estimate of drug-likeness (QED) is 0.875. The highest BCUT2D eigenvalue weighted by Crippen LogP contribution is 2.20. The maximum absolute atomic E-state index is 10.9. The topological polar surface area (TPSA) is 29.1 Å². The maximum Gasteiger partial charge on any atom is 0.0701 e. The van der Waals surface area contributed by atoms with Crippen molar-refractivity contribution in [2.75, 3.05) is 12.0 Å². The summed E-state index contributed by atoms with van der Waals surface area (Å²) in [6, 6.07) is 2.55. The Bertz CT molecular complexity index is 327. The van der Waals surface area contributed by atoms with Gasteiger partial charge in [0.25, 0.3) is 0 Å². The van der Waals surface area contributed by atoms with Gasteiger partial charge in [-0.05, 0) is 46.3 Å². The van der Waals surface area contributed by atoms with Crippen LogP contribution in [0.15, 0.2) is 15.2 Å². The predicted molar refractivity (Wildman–Crippen MR) is 71.9 cm³/mol. The molecule has 0 radical (unpaired) electrons. The van der Waals surface area contributed by atoms with Crippen molar-refractivity contribution in [1.29, 1.82) is 0 Å². The summed E-state index contributed by atoms with van der Waals surface area (Å²) in [6.45, 7) is 3.02. The van der Waals surface area contributed by atoms with Gasteiger partial charge in [-0.25, -0.2) is 0 Å². The first-order valence-electron chi connectivity index (χ1n) is 4.84. The third-order valence-corrected chi connectivity index (χ3v) is 4.48. The molecule has 15 heavy (non-hydrogen) atoms. The molecule has 2 nitrogen and oxygen atoms in total. The minimum Gasteiger partial charge on any atom is -0.310 e. The van der Waals surface area contributed by atoms with Crippen molar-refractivity contribution in [1.82, 2.24) is 5.32 Å². The molecule has 0 aliphatic rings. The van der Waals surface area contributed by atoms with Crippen LogP contribution in [0.3, 0.4) is 0 Å². The van der Waals surface area contributed by atoms with Crippen LogP contribution >= 0.6 is 27.3 Å². The Balaban J connectivity index is 2.22. The van der Waals surface area contributed by atoms with E-state index in [1.165, 1.54) is 9.35 Å². The first-order chi connectivity index (χ1) is 7.08. The van der Waals surface area contributed by atoms with Gasteiger partial charge in [0.15, 0.2) is 0 Å². The zero-order chi connectivity index (χ0) is 11.3. The molecule has 0 fully saturated rings. The van der Waals surface area contributed by atoms with Crippen molar-refractivity contribution >= 4 is 38.1 Å². The van der Waals surface area contributed by atoms with E-state index < -0.39 is 10.8 Å². The fraction of sp³-hybridized carbons (Fsp3) is 0.600. The SMILES string of the molecule is CC(CCS(C)=O)NCc1csc(Br)c1. The van der Waals surface area contributed by atoms with Gasteiger partial charge in [0.2, 0.25) is 0 Å². The third kappa shape index (κ3) is 5.80. The highest BCUT2D eigenvalue weighted by atomic mass is 79.9. The zero-order valence-electron chi connectivity index (χ0n) is 8.96. The van der Waals surface area contributed by atoms with E-state index in [0.717, 1.165) is 18.7 Å². The van der Waals surface area contributed by atoms with Crippen LogP contribution < -0.4 is 5.32 Å². The van der Waals surface area contributed by atoms with Crippen LogP contribution in [0.4, 0.5) is 0 Å². The molecular formula is C10H16BrNOS2. The summed E-state index contributed by atoms with van der Waals surface area (Å²) in [5.41, 5.74) is 1.30. The van der Waals surface area contributed by atoms with Crippen LogP contribution in [0, 0.1) is 0 Å². The van der Waals surface area contributed by atoms with Gasteiger partial charge in [0, 0.05) is 35.4 Å². The fourth-order valence-electron chi connectivity index (χ4n) is 1.18. The Hall–Kier alpha value is 0.290. The Morgan fingerprint density at radius 3 is 2.93 bits per heavy atom. The average Bonchev–Trinajstić information content (AvgIpc) is 2.58. The van der Waals surface area contributed by atoms with Crippen LogP contribution in [0.2, 0.25) is 0 Å². The summed E-state index contributed by atoms with van der Waals surface area (Å²) in [6.07, 6.45) is 2.72. The third-order valence-electron chi connectivity index (χ3n) is 2.11. The smallest absolute Gasteiger partial charge is 0.0701 e. The van der Waals surface area contributed by atoms with Gasteiger partial charge in [-0.1, -0.05) is 0 Å². The van der Waals surface area contributed by atoms with E-state index in [2.05, 4.69) is 39.6 Å². The average molecular weight is 310 g/mol. The molecule has 1 heterocycles. The van der Waals surface area contributed by atoms with Gasteiger partial charge in [-0.2, -0.15) is 0 Å². The van der Waals surface area contributed by atoms with Crippen LogP contribution in [0.25, 0.3) is 0 Å². The molecule has 0 saturated carbocycles. The van der Waals surface area contributed by atoms with E-state index in [0.29, 0.717) is 6.04 Å². The van der Waals surface area contributed by atoms with Crippen molar-refractivity contribution in [2.45, 2.75) is 25.9 Å². The van der Waals surface area contributed by atoms with E-state index in [1.807, 2.05) is 0 Å². The summed E-state index contributed by atoms with van der Waals surface area (Å²) >= 11 is 5.14. The lowest BCUT2D eigenvalue weighted by Gasteiger charge is -2.11. The van der Waals surface area contributed by atoms with E-state index in [4.69, 9.17) is 0 Å². The van der Waals surface area contributed by atoms with Crippen molar-refractivity contribution in [3.05, 3.63) is 20.8 Å². The summed E-state index contributed by atoms with van der Waals surface area (Å²) in [4.78, 5) is 0. The summed E-state index contributed by atoms with van der Waals surface area (Å²) in [5, 5.41) is 5.56. The molecule has 0 aliphatic heterocycles. The number of nitrogens with one attached hydrogen (secondary N) is 1. The summed E-state index contributed by atoms with van der Waals surface area (Å²) in [5.74, 6) is 0.779. The number of thiophene rings is 1. The molecule has 5 heteroatoms. The molecule has 86 valence electrons. The first kappa shape index (κ1) is 13.4. The van der Waals surface area contributed by atoms with Crippen molar-refractivity contribution in [2.24, 2.45) is 0 Å². The van der Waals surface area contributed by atoms with Gasteiger partial charge in [0.05, 0.1) is 3.79 Å². The minimum absolute atomic E-state index is 0.424. The minimum atomic E-state index is -0.676. The molecule has 0 amide bonds. The van der Waals surface area contributed by atoms with Crippen molar-refractivity contribution in [3.8, 4) is 0 Å². The first-order valence-corrected chi connectivity index (χ1v) is 8.24. The molecule has 1 aromatic rings. The Morgan fingerprint density at radius 2 is 2.40 bits per heavy atom. The second-order valence-electron chi connectivity index (χ2n) is 3.61. The van der Waals surface area contributed by atoms with E-state index in [1.54, 1.807) is 17.6 Å². The Morgan fingerprint density at radius 1 is 1.67 bits per heavy atom. The van der Waals surface area contributed by atoms with Crippen LogP contribution in [-0.2, 0) is 17.3 Å². The van der Waals surface area contributed by atoms with E-state index >= 15 is 0 Å². The highest BCUT2D eigenvalue weighted by molar-refractivity contribution is 9.11. The normalized spacial score (nSPS) is 15.1. The fourth-order valence-corrected chi connectivity index (χ4v) is 3.07. The molecule has 1 N–H and O–H groups in total. The second-order valence-corrected chi connectivity index (χ2v) is 7.45. The molecule has 1 rings (SSSR count). The van der Waals surface area contributed by atoms with E-state index in [9.17, 15) is 4.21 Å². The summed E-state index contributed by atoms with van der Waals surface area (Å²) < 4.78 is 12.1. The Labute approximate surface area is 106 Å². The molecule has 0 spiro atoms. The summed E-state index contributed by atoms with van der Waals surface area (Å²) in [7, 11) is -0.676. The lowest BCUT2D eigenvalue weighted by atomic mass is 10.2. The highest BCUT2D eigenvalue weighted by Gasteiger charge is 2.03. The molecule has 1 aromatic heterocycles. The maximum atomic E-state index is 10.9. The van der Waals surface area contributed by atoms with Crippen molar-refractivity contribution in [3.63, 3.8) is 0 Å². The standard InChI is InChI=1S/C10H16BrNOS2/c1-8(3-4-15(2)13)12-6-9-5-10(11)14-7-9/h5,7-8,12H,3-4,6H2,1-2H3. The van der Waals surface area contributed by atoms with Crippen LogP contribution in [-0.4, -0.2) is 22.3 Å². The van der Waals surface area contributed by atoms with Crippen molar-refractivity contribution < 1.29 is 4.21 Å². The lowest BCUT2D eigenvalue weighted by Crippen LogP contribution is -2.26. The molecule has 0 aliphatic carbocycles. The monoisotopic (exact) mass is 309 g/mol. The Kier molecular flexibility index (Phi) is 6.04. The zero-order valence-corrected chi connectivity index (χ0v) is 12.2. The van der Waals surface area contributed by atoms with Crippen LogP contribution in [0.1, 0.15) is 18.9 Å².